The van der Waals surface area contributed by atoms with Crippen LogP contribution in [0.25, 0.3) is 0 Å². The second-order valence-electron chi connectivity index (χ2n) is 5.79. The number of carbonyl (C=O) groups excluding carboxylic acids is 2. The number of anilines is 1. The van der Waals surface area contributed by atoms with Crippen LogP contribution in [0, 0.1) is 0 Å². The third-order valence-corrected chi connectivity index (χ3v) is 6.92. The van der Waals surface area contributed by atoms with Gasteiger partial charge in [0.1, 0.15) is 9.90 Å². The summed E-state index contributed by atoms with van der Waals surface area (Å²) in [6.07, 6.45) is 1.46. The molecule has 0 atom stereocenters. The lowest BCUT2D eigenvalue weighted by Gasteiger charge is -2.11. The summed E-state index contributed by atoms with van der Waals surface area (Å²) >= 11 is 1.01. The van der Waals surface area contributed by atoms with Gasteiger partial charge in [-0.15, -0.1) is 11.3 Å². The summed E-state index contributed by atoms with van der Waals surface area (Å²) in [5.41, 5.74) is 0.842. The summed E-state index contributed by atoms with van der Waals surface area (Å²) in [5.74, 6) is -0.904. The number of aromatic nitrogens is 1. The SMILES string of the molecule is O=C1c2cccnc2C(=O)N1Cc1ccc(S(=O)(=O)Nc2ccccc2)s1. The van der Waals surface area contributed by atoms with Crippen LogP contribution in [-0.4, -0.2) is 30.1 Å². The fraction of sp³-hybridized carbons (Fsp3) is 0.0556. The molecule has 136 valence electrons. The van der Waals surface area contributed by atoms with Crippen LogP contribution < -0.4 is 4.72 Å². The van der Waals surface area contributed by atoms with Crippen LogP contribution in [0.4, 0.5) is 5.69 Å². The second kappa shape index (κ2) is 6.60. The van der Waals surface area contributed by atoms with Gasteiger partial charge in [-0.1, -0.05) is 18.2 Å². The maximum absolute atomic E-state index is 12.5. The van der Waals surface area contributed by atoms with Gasteiger partial charge in [-0.25, -0.2) is 8.42 Å². The van der Waals surface area contributed by atoms with Crippen LogP contribution in [0.2, 0.25) is 0 Å². The van der Waals surface area contributed by atoms with E-state index in [2.05, 4.69) is 9.71 Å². The number of hydrogen-bond acceptors (Lipinski definition) is 6. The van der Waals surface area contributed by atoms with Gasteiger partial charge >= 0.3 is 0 Å². The molecule has 4 rings (SSSR count). The van der Waals surface area contributed by atoms with Gasteiger partial charge in [-0.2, -0.15) is 0 Å². The Hall–Kier alpha value is -3.04. The first-order chi connectivity index (χ1) is 13.0. The van der Waals surface area contributed by atoms with E-state index < -0.39 is 21.8 Å². The molecule has 1 aliphatic rings. The van der Waals surface area contributed by atoms with Crippen molar-refractivity contribution in [3.05, 3.63) is 76.9 Å². The van der Waals surface area contributed by atoms with Crippen molar-refractivity contribution in [2.24, 2.45) is 0 Å². The van der Waals surface area contributed by atoms with Gasteiger partial charge in [0.2, 0.25) is 0 Å². The number of sulfonamides is 1. The zero-order chi connectivity index (χ0) is 19.0. The highest BCUT2D eigenvalue weighted by Crippen LogP contribution is 2.28. The third kappa shape index (κ3) is 3.22. The average Bonchev–Trinajstić information content (AvgIpc) is 3.23. The molecule has 3 aromatic rings. The Bertz CT molecular complexity index is 1110. The number of fused-ring (bicyclic) bond motifs is 1. The number of hydrogen-bond donors (Lipinski definition) is 1. The Morgan fingerprint density at radius 2 is 1.74 bits per heavy atom. The van der Waals surface area contributed by atoms with Gasteiger partial charge in [0.15, 0.2) is 0 Å². The minimum atomic E-state index is -3.74. The van der Waals surface area contributed by atoms with Crippen LogP contribution in [0.5, 0.6) is 0 Å². The summed E-state index contributed by atoms with van der Waals surface area (Å²) in [6.45, 7) is -0.000446. The number of para-hydroxylation sites is 1. The first-order valence-electron chi connectivity index (χ1n) is 7.93. The van der Waals surface area contributed by atoms with Gasteiger partial charge < -0.3 is 0 Å². The van der Waals surface area contributed by atoms with Crippen LogP contribution in [-0.2, 0) is 16.6 Å². The first kappa shape index (κ1) is 17.4. The highest BCUT2D eigenvalue weighted by molar-refractivity contribution is 7.94. The molecule has 3 heterocycles. The van der Waals surface area contributed by atoms with Crippen molar-refractivity contribution in [2.75, 3.05) is 4.72 Å². The standard InChI is InChI=1S/C18H13N3O4S2/c22-17-14-7-4-10-19-16(14)18(23)21(17)11-13-8-9-15(26-13)27(24,25)20-12-5-2-1-3-6-12/h1-10,20H,11H2. The predicted octanol–water partition coefficient (Wildman–Crippen LogP) is 2.74. The molecule has 0 unspecified atom stereocenters. The van der Waals surface area contributed by atoms with Crippen LogP contribution >= 0.6 is 11.3 Å². The van der Waals surface area contributed by atoms with Crippen molar-refractivity contribution in [3.63, 3.8) is 0 Å². The molecule has 1 aromatic carbocycles. The van der Waals surface area contributed by atoms with Crippen molar-refractivity contribution >= 4 is 38.9 Å². The number of carbonyl (C=O) groups is 2. The molecule has 9 heteroatoms. The van der Waals surface area contributed by atoms with E-state index in [-0.39, 0.29) is 22.0 Å². The maximum Gasteiger partial charge on any atom is 0.280 e. The lowest BCUT2D eigenvalue weighted by Crippen LogP contribution is -2.28. The van der Waals surface area contributed by atoms with Crippen LogP contribution in [0.1, 0.15) is 25.7 Å². The Balaban J connectivity index is 1.54. The fourth-order valence-corrected chi connectivity index (χ4v) is 5.12. The normalized spacial score (nSPS) is 13.7. The Kier molecular flexibility index (Phi) is 4.25. The average molecular weight is 399 g/mol. The monoisotopic (exact) mass is 399 g/mol. The number of pyridine rings is 1. The summed E-state index contributed by atoms with van der Waals surface area (Å²) in [5, 5.41) is 0. The van der Waals surface area contributed by atoms with E-state index in [1.54, 1.807) is 48.5 Å². The molecule has 0 saturated heterocycles. The van der Waals surface area contributed by atoms with E-state index in [0.29, 0.717) is 10.6 Å². The smallest absolute Gasteiger partial charge is 0.279 e. The van der Waals surface area contributed by atoms with Crippen molar-refractivity contribution in [1.82, 2.24) is 9.88 Å². The molecular formula is C18H13N3O4S2. The molecule has 1 aliphatic heterocycles. The molecule has 0 fully saturated rings. The van der Waals surface area contributed by atoms with Gasteiger partial charge in [-0.3, -0.25) is 24.2 Å². The molecule has 0 aliphatic carbocycles. The van der Waals surface area contributed by atoms with E-state index >= 15 is 0 Å². The molecule has 2 amide bonds. The zero-order valence-corrected chi connectivity index (χ0v) is 15.5. The van der Waals surface area contributed by atoms with Gasteiger partial charge in [0.05, 0.1) is 12.1 Å². The molecular weight excluding hydrogens is 386 g/mol. The Morgan fingerprint density at radius 1 is 0.963 bits per heavy atom. The molecule has 0 saturated carbocycles. The lowest BCUT2D eigenvalue weighted by atomic mass is 10.2. The lowest BCUT2D eigenvalue weighted by molar-refractivity contribution is 0.0642. The largest absolute Gasteiger partial charge is 0.280 e. The van der Waals surface area contributed by atoms with Gasteiger partial charge in [0, 0.05) is 16.8 Å². The highest BCUT2D eigenvalue weighted by atomic mass is 32.2. The predicted molar refractivity (Wildman–Crippen MR) is 100 cm³/mol. The van der Waals surface area contributed by atoms with E-state index in [1.807, 2.05) is 0 Å². The van der Waals surface area contributed by atoms with Crippen molar-refractivity contribution in [1.29, 1.82) is 0 Å². The van der Waals surface area contributed by atoms with Crippen molar-refractivity contribution in [3.8, 4) is 0 Å². The number of imide groups is 1. The summed E-state index contributed by atoms with van der Waals surface area (Å²) in [4.78, 5) is 30.4. The fourth-order valence-electron chi connectivity index (χ4n) is 2.71. The number of benzene rings is 1. The summed E-state index contributed by atoms with van der Waals surface area (Å²) in [6, 6.07) is 14.8. The Labute approximate surface area is 159 Å². The van der Waals surface area contributed by atoms with Crippen LogP contribution in [0.3, 0.4) is 0 Å². The molecule has 2 aromatic heterocycles. The molecule has 1 N–H and O–H groups in total. The van der Waals surface area contributed by atoms with E-state index in [1.165, 1.54) is 12.3 Å². The number of amides is 2. The van der Waals surface area contributed by atoms with E-state index in [4.69, 9.17) is 0 Å². The minimum absolute atomic E-state index is 0.000446. The number of nitrogens with one attached hydrogen (secondary N) is 1. The quantitative estimate of drug-likeness (QED) is 0.666. The van der Waals surface area contributed by atoms with Gasteiger partial charge in [-0.05, 0) is 36.4 Å². The highest BCUT2D eigenvalue weighted by Gasteiger charge is 2.36. The number of rotatable bonds is 5. The number of nitrogens with zero attached hydrogens (tertiary/aromatic N) is 2. The molecule has 27 heavy (non-hydrogen) atoms. The Morgan fingerprint density at radius 3 is 2.48 bits per heavy atom. The van der Waals surface area contributed by atoms with Crippen molar-refractivity contribution < 1.29 is 18.0 Å². The van der Waals surface area contributed by atoms with Gasteiger partial charge in [0.25, 0.3) is 21.8 Å². The van der Waals surface area contributed by atoms with E-state index in [9.17, 15) is 18.0 Å². The maximum atomic E-state index is 12.5. The van der Waals surface area contributed by atoms with E-state index in [0.717, 1.165) is 16.2 Å². The molecule has 0 bridgehead atoms. The topological polar surface area (TPSA) is 96.4 Å². The molecule has 7 nitrogen and oxygen atoms in total. The second-order valence-corrected chi connectivity index (χ2v) is 8.87. The molecule has 0 radical (unpaired) electrons. The van der Waals surface area contributed by atoms with Crippen molar-refractivity contribution in [2.45, 2.75) is 10.8 Å². The number of thiophene rings is 1. The summed E-state index contributed by atoms with van der Waals surface area (Å²) in [7, 11) is -3.74. The third-order valence-electron chi connectivity index (χ3n) is 3.97. The zero-order valence-electron chi connectivity index (χ0n) is 13.8. The van der Waals surface area contributed by atoms with Crippen LogP contribution in [0.15, 0.2) is 65.0 Å². The molecule has 0 spiro atoms. The first-order valence-corrected chi connectivity index (χ1v) is 10.2. The minimum Gasteiger partial charge on any atom is -0.279 e. The summed E-state index contributed by atoms with van der Waals surface area (Å²) < 4.78 is 27.6.